The van der Waals surface area contributed by atoms with Crippen molar-refractivity contribution in [2.75, 3.05) is 11.9 Å². The van der Waals surface area contributed by atoms with Crippen LogP contribution in [0.5, 0.6) is 0 Å². The number of aliphatic hydroxyl groups excluding tert-OH is 1. The number of amides is 2. The van der Waals surface area contributed by atoms with E-state index in [1.54, 1.807) is 18.0 Å². The SMILES string of the molecule is C[C@]12CCCN1N(Cc1cccc(F)c1)C(=O)C(C(=O)Nc1ccc(C(F)(F)F)cc1-c1ccc(C(F)(F)F)nc1)=C2O. The van der Waals surface area contributed by atoms with Gasteiger partial charge in [-0.05, 0) is 61.7 Å². The van der Waals surface area contributed by atoms with E-state index in [-0.39, 0.29) is 23.4 Å². The van der Waals surface area contributed by atoms with Crippen LogP contribution in [0.1, 0.15) is 36.6 Å². The maximum Gasteiger partial charge on any atom is 0.433 e. The summed E-state index contributed by atoms with van der Waals surface area (Å²) < 4.78 is 93.6. The molecule has 1 saturated heterocycles. The summed E-state index contributed by atoms with van der Waals surface area (Å²) in [6.45, 7) is 1.82. The first-order chi connectivity index (χ1) is 20.1. The number of benzene rings is 2. The molecule has 0 radical (unpaired) electrons. The van der Waals surface area contributed by atoms with E-state index in [4.69, 9.17) is 0 Å². The van der Waals surface area contributed by atoms with Crippen LogP contribution in [0.15, 0.2) is 72.1 Å². The van der Waals surface area contributed by atoms with Crippen LogP contribution in [-0.2, 0) is 28.5 Å². The van der Waals surface area contributed by atoms with Crippen molar-refractivity contribution in [3.63, 3.8) is 0 Å². The fourth-order valence-corrected chi connectivity index (χ4v) is 5.33. The number of carbonyl (C=O) groups excluding carboxylic acids is 2. The first-order valence-corrected chi connectivity index (χ1v) is 12.9. The maximum absolute atomic E-state index is 13.9. The Balaban J connectivity index is 1.54. The highest BCUT2D eigenvalue weighted by molar-refractivity contribution is 6.24. The Morgan fingerprint density at radius 1 is 1.05 bits per heavy atom. The molecule has 2 aliphatic rings. The van der Waals surface area contributed by atoms with Crippen LogP contribution in [0.25, 0.3) is 11.1 Å². The van der Waals surface area contributed by atoms with E-state index in [9.17, 15) is 45.4 Å². The van der Waals surface area contributed by atoms with Gasteiger partial charge in [0.1, 0.15) is 22.8 Å². The summed E-state index contributed by atoms with van der Waals surface area (Å²) in [6.07, 6.45) is -8.00. The molecule has 1 fully saturated rings. The first-order valence-electron chi connectivity index (χ1n) is 12.9. The molecule has 0 unspecified atom stereocenters. The quantitative estimate of drug-likeness (QED) is 0.256. The zero-order chi connectivity index (χ0) is 31.3. The Morgan fingerprint density at radius 2 is 1.79 bits per heavy atom. The van der Waals surface area contributed by atoms with Crippen molar-refractivity contribution in [1.82, 2.24) is 15.0 Å². The van der Waals surface area contributed by atoms with Gasteiger partial charge in [-0.15, -0.1) is 0 Å². The van der Waals surface area contributed by atoms with E-state index < -0.39 is 58.1 Å². The van der Waals surface area contributed by atoms with Gasteiger partial charge in [-0.25, -0.2) is 9.40 Å². The number of alkyl halides is 6. The number of aliphatic hydroxyl groups is 1. The number of nitrogens with one attached hydrogen (secondary N) is 1. The number of fused-ring (bicyclic) bond motifs is 1. The number of hydrogen-bond donors (Lipinski definition) is 2. The minimum atomic E-state index is -4.82. The number of carbonyl (C=O) groups is 2. The molecule has 0 spiro atoms. The Hall–Kier alpha value is -4.46. The van der Waals surface area contributed by atoms with E-state index in [1.807, 2.05) is 0 Å². The number of aromatic nitrogens is 1. The molecule has 1 aromatic heterocycles. The highest BCUT2D eigenvalue weighted by Gasteiger charge is 2.52. The number of hydrazine groups is 1. The molecule has 43 heavy (non-hydrogen) atoms. The zero-order valence-corrected chi connectivity index (χ0v) is 22.4. The Morgan fingerprint density at radius 3 is 2.42 bits per heavy atom. The van der Waals surface area contributed by atoms with Crippen LogP contribution in [0.2, 0.25) is 0 Å². The molecule has 0 bridgehead atoms. The summed E-state index contributed by atoms with van der Waals surface area (Å²) in [4.78, 5) is 30.5. The third kappa shape index (κ3) is 5.66. The Bertz CT molecular complexity index is 1620. The number of pyridine rings is 1. The number of halogens is 7. The van der Waals surface area contributed by atoms with E-state index in [0.29, 0.717) is 49.3 Å². The lowest BCUT2D eigenvalue weighted by molar-refractivity contribution is -0.160. The van der Waals surface area contributed by atoms with Gasteiger partial charge in [0, 0.05) is 29.6 Å². The summed E-state index contributed by atoms with van der Waals surface area (Å²) in [5.41, 5.74) is -4.65. The molecular weight excluding hydrogens is 585 g/mol. The van der Waals surface area contributed by atoms with Gasteiger partial charge in [-0.1, -0.05) is 18.2 Å². The molecule has 1 atom stereocenters. The second-order valence-electron chi connectivity index (χ2n) is 10.4. The summed E-state index contributed by atoms with van der Waals surface area (Å²) in [6, 6.07) is 9.14. The van der Waals surface area contributed by atoms with E-state index in [2.05, 4.69) is 10.3 Å². The van der Waals surface area contributed by atoms with Gasteiger partial charge in [0.15, 0.2) is 0 Å². The monoisotopic (exact) mass is 608 g/mol. The Kier molecular flexibility index (Phi) is 7.45. The van der Waals surface area contributed by atoms with Gasteiger partial charge in [0.25, 0.3) is 11.8 Å². The lowest BCUT2D eigenvalue weighted by atomic mass is 9.90. The van der Waals surface area contributed by atoms with Crippen LogP contribution in [0.3, 0.4) is 0 Å². The van der Waals surface area contributed by atoms with Crippen LogP contribution in [0, 0.1) is 5.82 Å². The molecule has 5 rings (SSSR count). The number of anilines is 1. The average molecular weight is 609 g/mol. The fourth-order valence-electron chi connectivity index (χ4n) is 5.33. The minimum absolute atomic E-state index is 0.140. The van der Waals surface area contributed by atoms with Gasteiger partial charge in [-0.2, -0.15) is 26.3 Å². The maximum atomic E-state index is 13.9. The molecule has 2 N–H and O–H groups in total. The van der Waals surface area contributed by atoms with Crippen molar-refractivity contribution in [1.29, 1.82) is 0 Å². The predicted octanol–water partition coefficient (Wildman–Crippen LogP) is 6.49. The van der Waals surface area contributed by atoms with Crippen LogP contribution in [0.4, 0.5) is 36.4 Å². The van der Waals surface area contributed by atoms with Crippen LogP contribution >= 0.6 is 0 Å². The van der Waals surface area contributed by atoms with Gasteiger partial charge >= 0.3 is 12.4 Å². The molecule has 226 valence electrons. The lowest BCUT2D eigenvalue weighted by Gasteiger charge is -2.46. The molecule has 2 amide bonds. The zero-order valence-electron chi connectivity index (χ0n) is 22.4. The molecule has 3 aromatic rings. The second-order valence-corrected chi connectivity index (χ2v) is 10.4. The fraction of sp³-hybridized carbons (Fsp3) is 0.276. The molecule has 2 aromatic carbocycles. The lowest BCUT2D eigenvalue weighted by Crippen LogP contribution is -2.60. The van der Waals surface area contributed by atoms with Gasteiger partial charge in [0.2, 0.25) is 0 Å². The molecule has 14 heteroatoms. The Labute approximate surface area is 240 Å². The van der Waals surface area contributed by atoms with Gasteiger partial charge < -0.3 is 10.4 Å². The molecule has 2 aliphatic heterocycles. The van der Waals surface area contributed by atoms with Crippen LogP contribution in [-0.4, -0.2) is 44.0 Å². The standard InChI is InChI=1S/C29H23F7N4O3/c1-27-10-3-11-40(27)39(15-16-4-2-5-19(30)12-16)26(43)23(24(27)41)25(42)38-21-8-7-18(28(31,32)33)13-20(21)17-6-9-22(37-14-17)29(34,35)36/h2,4-9,12-14,41H,3,10-11,15H2,1H3,(H,38,42)/t27-/m1/s1. The van der Waals surface area contributed by atoms with E-state index >= 15 is 0 Å². The van der Waals surface area contributed by atoms with E-state index in [1.165, 1.54) is 23.2 Å². The summed E-state index contributed by atoms with van der Waals surface area (Å²) >= 11 is 0. The normalized spacial score (nSPS) is 19.5. The van der Waals surface area contributed by atoms with Crippen molar-refractivity contribution < 1.29 is 45.4 Å². The third-order valence-electron chi connectivity index (χ3n) is 7.50. The molecule has 3 heterocycles. The largest absolute Gasteiger partial charge is 0.509 e. The molecular formula is C29H23F7N4O3. The summed E-state index contributed by atoms with van der Waals surface area (Å²) in [5.74, 6) is -3.17. The average Bonchev–Trinajstić information content (AvgIpc) is 3.33. The number of rotatable bonds is 5. The number of nitrogens with zero attached hydrogens (tertiary/aromatic N) is 3. The van der Waals surface area contributed by atoms with Gasteiger partial charge in [-0.3, -0.25) is 19.6 Å². The molecule has 7 nitrogen and oxygen atoms in total. The number of hydrogen-bond acceptors (Lipinski definition) is 5. The van der Waals surface area contributed by atoms with Crippen molar-refractivity contribution in [3.8, 4) is 11.1 Å². The first kappa shape index (κ1) is 30.0. The third-order valence-corrected chi connectivity index (χ3v) is 7.50. The highest BCUT2D eigenvalue weighted by Crippen LogP contribution is 2.42. The topological polar surface area (TPSA) is 85.8 Å². The van der Waals surface area contributed by atoms with Crippen LogP contribution < -0.4 is 5.32 Å². The highest BCUT2D eigenvalue weighted by atomic mass is 19.4. The van der Waals surface area contributed by atoms with Crippen molar-refractivity contribution in [2.24, 2.45) is 0 Å². The summed E-state index contributed by atoms with van der Waals surface area (Å²) in [5, 5.41) is 16.3. The van der Waals surface area contributed by atoms with Gasteiger partial charge in [0.05, 0.1) is 17.6 Å². The smallest absolute Gasteiger partial charge is 0.433 e. The predicted molar refractivity (Wildman–Crippen MR) is 139 cm³/mol. The molecule has 0 aliphatic carbocycles. The van der Waals surface area contributed by atoms with Crippen molar-refractivity contribution in [2.45, 2.75) is 44.2 Å². The van der Waals surface area contributed by atoms with Crippen molar-refractivity contribution in [3.05, 3.63) is 94.8 Å². The summed E-state index contributed by atoms with van der Waals surface area (Å²) in [7, 11) is 0. The minimum Gasteiger partial charge on any atom is -0.509 e. The van der Waals surface area contributed by atoms with E-state index in [0.717, 1.165) is 12.1 Å². The van der Waals surface area contributed by atoms with Crippen molar-refractivity contribution >= 4 is 17.5 Å². The molecule has 0 saturated carbocycles. The second kappa shape index (κ2) is 10.7.